The monoisotopic (exact) mass is 402 g/mol. The van der Waals surface area contributed by atoms with Crippen LogP contribution in [0.15, 0.2) is 42.5 Å². The van der Waals surface area contributed by atoms with Gasteiger partial charge < -0.3 is 15.4 Å². The van der Waals surface area contributed by atoms with Crippen LogP contribution in [0.25, 0.3) is 0 Å². The molecule has 0 aliphatic rings. The van der Waals surface area contributed by atoms with Crippen LogP contribution in [0.1, 0.15) is 37.8 Å². The van der Waals surface area contributed by atoms with Crippen LogP contribution < -0.4 is 15.4 Å². The first-order valence-electron chi connectivity index (χ1n) is 9.40. The molecule has 0 heterocycles. The quantitative estimate of drug-likeness (QED) is 0.596. The van der Waals surface area contributed by atoms with Crippen LogP contribution in [0, 0.1) is 12.8 Å². The molecule has 0 fully saturated rings. The highest BCUT2D eigenvalue weighted by molar-refractivity contribution is 6.30. The van der Waals surface area contributed by atoms with Crippen LogP contribution in [0.5, 0.6) is 5.75 Å². The minimum Gasteiger partial charge on any atom is -0.493 e. The van der Waals surface area contributed by atoms with Crippen molar-refractivity contribution >= 4 is 29.1 Å². The smallest absolute Gasteiger partial charge is 0.226 e. The zero-order chi connectivity index (χ0) is 20.5. The molecule has 150 valence electrons. The molecule has 0 aliphatic carbocycles. The number of hydrogen-bond donors (Lipinski definition) is 2. The van der Waals surface area contributed by atoms with Crippen molar-refractivity contribution in [3.05, 3.63) is 58.6 Å². The van der Waals surface area contributed by atoms with E-state index >= 15 is 0 Å². The number of hydrogen-bond acceptors (Lipinski definition) is 3. The van der Waals surface area contributed by atoms with Gasteiger partial charge in [-0.1, -0.05) is 37.6 Å². The molecule has 0 spiro atoms. The molecule has 2 rings (SSSR count). The van der Waals surface area contributed by atoms with Crippen molar-refractivity contribution in [1.82, 2.24) is 5.32 Å². The van der Waals surface area contributed by atoms with E-state index in [0.29, 0.717) is 31.0 Å². The van der Waals surface area contributed by atoms with Crippen molar-refractivity contribution in [2.24, 2.45) is 5.92 Å². The number of aryl methyl sites for hydroxylation is 1. The second-order valence-corrected chi connectivity index (χ2v) is 7.42. The average Bonchev–Trinajstić information content (AvgIpc) is 2.66. The molecule has 0 aromatic heterocycles. The summed E-state index contributed by atoms with van der Waals surface area (Å²) in [7, 11) is 0. The molecule has 0 unspecified atom stereocenters. The van der Waals surface area contributed by atoms with E-state index in [1.165, 1.54) is 0 Å². The van der Waals surface area contributed by atoms with Gasteiger partial charge >= 0.3 is 0 Å². The lowest BCUT2D eigenvalue weighted by molar-refractivity contribution is -0.121. The van der Waals surface area contributed by atoms with Crippen LogP contribution >= 0.6 is 11.6 Å². The lowest BCUT2D eigenvalue weighted by Gasteiger charge is -2.10. The van der Waals surface area contributed by atoms with Gasteiger partial charge in [-0.25, -0.2) is 0 Å². The van der Waals surface area contributed by atoms with E-state index < -0.39 is 0 Å². The highest BCUT2D eigenvalue weighted by atomic mass is 35.5. The SMILES string of the molecule is Cc1cc(Cl)ccc1OCCCC(=O)NCc1ccc(NC(=O)C(C)C)cc1. The predicted octanol–water partition coefficient (Wildman–Crippen LogP) is 4.72. The Kier molecular flexibility index (Phi) is 8.33. The third-order valence-electron chi connectivity index (χ3n) is 4.18. The fourth-order valence-corrected chi connectivity index (χ4v) is 2.70. The van der Waals surface area contributed by atoms with Crippen molar-refractivity contribution < 1.29 is 14.3 Å². The van der Waals surface area contributed by atoms with E-state index in [4.69, 9.17) is 16.3 Å². The van der Waals surface area contributed by atoms with Gasteiger partial charge in [0, 0.05) is 29.6 Å². The molecule has 0 aliphatic heterocycles. The van der Waals surface area contributed by atoms with Gasteiger partial charge in [0.2, 0.25) is 11.8 Å². The standard InChI is InChI=1S/C22H27ClN2O3/c1-15(2)22(27)25-19-9-6-17(7-10-19)14-24-21(26)5-4-12-28-20-11-8-18(23)13-16(20)3/h6-11,13,15H,4-5,12,14H2,1-3H3,(H,24,26)(H,25,27). The molecule has 0 bridgehead atoms. The number of nitrogens with one attached hydrogen (secondary N) is 2. The van der Waals surface area contributed by atoms with Gasteiger partial charge in [0.1, 0.15) is 5.75 Å². The molecular weight excluding hydrogens is 376 g/mol. The summed E-state index contributed by atoms with van der Waals surface area (Å²) in [5, 5.41) is 6.42. The Morgan fingerprint density at radius 3 is 2.46 bits per heavy atom. The van der Waals surface area contributed by atoms with Gasteiger partial charge in [0.05, 0.1) is 6.61 Å². The molecule has 2 aromatic carbocycles. The summed E-state index contributed by atoms with van der Waals surface area (Å²) >= 11 is 5.92. The molecule has 28 heavy (non-hydrogen) atoms. The molecule has 2 amide bonds. The topological polar surface area (TPSA) is 67.4 Å². The van der Waals surface area contributed by atoms with Crippen molar-refractivity contribution in [3.8, 4) is 5.75 Å². The summed E-state index contributed by atoms with van der Waals surface area (Å²) in [5.41, 5.74) is 2.71. The van der Waals surface area contributed by atoms with E-state index in [0.717, 1.165) is 22.6 Å². The maximum absolute atomic E-state index is 12.0. The second kappa shape index (κ2) is 10.7. The molecule has 0 atom stereocenters. The average molecular weight is 403 g/mol. The Morgan fingerprint density at radius 1 is 1.11 bits per heavy atom. The molecule has 6 heteroatoms. The number of amides is 2. The largest absolute Gasteiger partial charge is 0.493 e. The van der Waals surface area contributed by atoms with E-state index in [1.54, 1.807) is 6.07 Å². The second-order valence-electron chi connectivity index (χ2n) is 6.98. The lowest BCUT2D eigenvalue weighted by Crippen LogP contribution is -2.23. The fraction of sp³-hybridized carbons (Fsp3) is 0.364. The molecule has 0 saturated heterocycles. The molecule has 0 saturated carbocycles. The summed E-state index contributed by atoms with van der Waals surface area (Å²) in [5.74, 6) is 0.687. The molecule has 5 nitrogen and oxygen atoms in total. The summed E-state index contributed by atoms with van der Waals surface area (Å²) in [6.07, 6.45) is 1.03. The molecular formula is C22H27ClN2O3. The summed E-state index contributed by atoms with van der Waals surface area (Å²) in [6.45, 7) is 6.56. The number of ether oxygens (including phenoxy) is 1. The van der Waals surface area contributed by atoms with Crippen molar-refractivity contribution in [2.75, 3.05) is 11.9 Å². The normalized spacial score (nSPS) is 10.6. The minimum atomic E-state index is -0.0634. The Balaban J connectivity index is 1.67. The van der Waals surface area contributed by atoms with Crippen molar-refractivity contribution in [3.63, 3.8) is 0 Å². The summed E-state index contributed by atoms with van der Waals surface area (Å²) in [6, 6.07) is 12.9. The number of carbonyl (C=O) groups is 2. The van der Waals surface area contributed by atoms with E-state index in [-0.39, 0.29) is 17.7 Å². The first-order valence-corrected chi connectivity index (χ1v) is 9.78. The maximum atomic E-state index is 12.0. The Hall–Kier alpha value is -2.53. The third kappa shape index (κ3) is 7.24. The maximum Gasteiger partial charge on any atom is 0.226 e. The van der Waals surface area contributed by atoms with Gasteiger partial charge in [-0.05, 0) is 54.8 Å². The predicted molar refractivity (Wildman–Crippen MR) is 113 cm³/mol. The molecule has 2 aromatic rings. The van der Waals surface area contributed by atoms with Crippen LogP contribution in [0.3, 0.4) is 0 Å². The molecule has 2 N–H and O–H groups in total. The van der Waals surface area contributed by atoms with E-state index in [2.05, 4.69) is 10.6 Å². The van der Waals surface area contributed by atoms with Gasteiger partial charge in [0.25, 0.3) is 0 Å². The number of rotatable bonds is 9. The number of benzene rings is 2. The van der Waals surface area contributed by atoms with Crippen LogP contribution in [-0.4, -0.2) is 18.4 Å². The highest BCUT2D eigenvalue weighted by Gasteiger charge is 2.07. The van der Waals surface area contributed by atoms with Crippen LogP contribution in [0.2, 0.25) is 5.02 Å². The van der Waals surface area contributed by atoms with Gasteiger partial charge in [-0.15, -0.1) is 0 Å². The highest BCUT2D eigenvalue weighted by Crippen LogP contribution is 2.21. The van der Waals surface area contributed by atoms with Crippen molar-refractivity contribution in [2.45, 2.75) is 40.2 Å². The first-order chi connectivity index (χ1) is 13.3. The van der Waals surface area contributed by atoms with E-state index in [9.17, 15) is 9.59 Å². The number of carbonyl (C=O) groups excluding carboxylic acids is 2. The number of halogens is 1. The van der Waals surface area contributed by atoms with Crippen LogP contribution in [-0.2, 0) is 16.1 Å². The van der Waals surface area contributed by atoms with Crippen molar-refractivity contribution in [1.29, 1.82) is 0 Å². The van der Waals surface area contributed by atoms with Crippen LogP contribution in [0.4, 0.5) is 5.69 Å². The van der Waals surface area contributed by atoms with Gasteiger partial charge in [0.15, 0.2) is 0 Å². The zero-order valence-corrected chi connectivity index (χ0v) is 17.3. The van der Waals surface area contributed by atoms with Gasteiger partial charge in [-0.2, -0.15) is 0 Å². The number of anilines is 1. The first kappa shape index (κ1) is 21.8. The summed E-state index contributed by atoms with van der Waals surface area (Å²) in [4.78, 5) is 23.7. The Bertz CT molecular complexity index is 804. The zero-order valence-electron chi connectivity index (χ0n) is 16.5. The third-order valence-corrected chi connectivity index (χ3v) is 4.41. The lowest BCUT2D eigenvalue weighted by atomic mass is 10.1. The Morgan fingerprint density at radius 2 is 1.82 bits per heavy atom. The van der Waals surface area contributed by atoms with Gasteiger partial charge in [-0.3, -0.25) is 9.59 Å². The van der Waals surface area contributed by atoms with E-state index in [1.807, 2.05) is 57.2 Å². The minimum absolute atomic E-state index is 0.0166. The Labute approximate surface area is 171 Å². The fourth-order valence-electron chi connectivity index (χ4n) is 2.47. The molecule has 0 radical (unpaired) electrons. The summed E-state index contributed by atoms with van der Waals surface area (Å²) < 4.78 is 5.69.